The van der Waals surface area contributed by atoms with Gasteiger partial charge >= 0.3 is 0 Å². The zero-order valence-corrected chi connectivity index (χ0v) is 18.0. The Hall–Kier alpha value is -4.79. The zero-order chi connectivity index (χ0) is 24.6. The van der Waals surface area contributed by atoms with Gasteiger partial charge in [-0.25, -0.2) is 13.8 Å². The number of rotatable bonds is 5. The average Bonchev–Trinajstić information content (AvgIpc) is 2.77. The Kier molecular flexibility index (Phi) is 5.68. The molecule has 0 saturated carbocycles. The van der Waals surface area contributed by atoms with Crippen molar-refractivity contribution >= 4 is 28.5 Å². The van der Waals surface area contributed by atoms with Crippen molar-refractivity contribution in [1.82, 2.24) is 19.5 Å². The highest BCUT2D eigenvalue weighted by molar-refractivity contribution is 5.84. The molecule has 10 nitrogen and oxygen atoms in total. The van der Waals surface area contributed by atoms with Crippen LogP contribution in [0.5, 0.6) is 5.75 Å². The maximum atomic E-state index is 14.1. The van der Waals surface area contributed by atoms with E-state index >= 15 is 0 Å². The Balaban J connectivity index is 1.99. The highest BCUT2D eigenvalue weighted by Gasteiger charge is 2.22. The van der Waals surface area contributed by atoms with Crippen molar-refractivity contribution in [3.05, 3.63) is 69.8 Å². The lowest BCUT2D eigenvalue weighted by Gasteiger charge is -2.21. The van der Waals surface area contributed by atoms with Crippen molar-refractivity contribution in [3.63, 3.8) is 0 Å². The number of nitrogens with two attached hydrogens (primary N) is 2. The van der Waals surface area contributed by atoms with Crippen molar-refractivity contribution in [3.8, 4) is 17.5 Å². The van der Waals surface area contributed by atoms with Gasteiger partial charge in [0, 0.05) is 6.07 Å². The summed E-state index contributed by atoms with van der Waals surface area (Å²) in [6.07, 6.45) is 0. The summed E-state index contributed by atoms with van der Waals surface area (Å²) in [6, 6.07) is 8.54. The van der Waals surface area contributed by atoms with E-state index in [1.165, 1.54) is 13.2 Å². The Labute approximate surface area is 191 Å². The number of para-hydroxylation sites is 1. The summed E-state index contributed by atoms with van der Waals surface area (Å²) in [6.45, 7) is 1.62. The molecule has 1 atom stereocenters. The molecule has 172 valence electrons. The SMILES string of the molecule is COc1cccc2c(=O)n(-c3cc(F)cc(F)c3)c(C(C)Nc3nc(N)nc(N)c3C#N)nc12. The third kappa shape index (κ3) is 3.90. The molecule has 2 heterocycles. The van der Waals surface area contributed by atoms with E-state index in [4.69, 9.17) is 16.2 Å². The smallest absolute Gasteiger partial charge is 0.266 e. The molecule has 0 aliphatic rings. The fourth-order valence-electron chi connectivity index (χ4n) is 3.55. The number of methoxy groups -OCH3 is 1. The second-order valence-corrected chi connectivity index (χ2v) is 7.26. The molecule has 1 unspecified atom stereocenters. The predicted octanol–water partition coefficient (Wildman–Crippen LogP) is 2.67. The van der Waals surface area contributed by atoms with Gasteiger partial charge in [0.05, 0.1) is 24.2 Å². The molecule has 0 bridgehead atoms. The Bertz CT molecular complexity index is 1510. The normalized spacial score (nSPS) is 11.7. The summed E-state index contributed by atoms with van der Waals surface area (Å²) in [7, 11) is 1.43. The molecule has 0 saturated heterocycles. The summed E-state index contributed by atoms with van der Waals surface area (Å²) in [5, 5.41) is 12.6. The van der Waals surface area contributed by atoms with Gasteiger partial charge < -0.3 is 21.5 Å². The molecule has 0 radical (unpaired) electrons. The molecule has 2 aromatic carbocycles. The van der Waals surface area contributed by atoms with Gasteiger partial charge in [-0.2, -0.15) is 15.2 Å². The van der Waals surface area contributed by atoms with Crippen molar-refractivity contribution in [2.45, 2.75) is 13.0 Å². The summed E-state index contributed by atoms with van der Waals surface area (Å²) in [4.78, 5) is 25.9. The largest absolute Gasteiger partial charge is 0.494 e. The number of fused-ring (bicyclic) bond motifs is 1. The van der Waals surface area contributed by atoms with Gasteiger partial charge in [0.2, 0.25) is 5.95 Å². The number of ether oxygens (including phenoxy) is 1. The highest BCUT2D eigenvalue weighted by atomic mass is 19.1. The van der Waals surface area contributed by atoms with Crippen LogP contribution in [0.3, 0.4) is 0 Å². The zero-order valence-electron chi connectivity index (χ0n) is 18.0. The standard InChI is InChI=1S/C22H18F2N8O2/c1-10(28-19-15(9-25)18(26)30-22(27)31-19)20-29-17-14(4-3-5-16(17)34-2)21(33)32(20)13-7-11(23)6-12(24)8-13/h3-8,10H,1-2H3,(H5,26,27,28,30,31). The van der Waals surface area contributed by atoms with Crippen molar-refractivity contribution in [1.29, 1.82) is 5.26 Å². The molecule has 4 aromatic rings. The maximum absolute atomic E-state index is 14.1. The summed E-state index contributed by atoms with van der Waals surface area (Å²) < 4.78 is 34.5. The molecule has 0 spiro atoms. The summed E-state index contributed by atoms with van der Waals surface area (Å²) in [5.74, 6) is -1.66. The Morgan fingerprint density at radius 2 is 1.85 bits per heavy atom. The second kappa shape index (κ2) is 8.62. The minimum Gasteiger partial charge on any atom is -0.494 e. The van der Waals surface area contributed by atoms with E-state index < -0.39 is 23.2 Å². The van der Waals surface area contributed by atoms with Crippen LogP contribution in [0.15, 0.2) is 41.2 Å². The molecule has 0 amide bonds. The fourth-order valence-corrected chi connectivity index (χ4v) is 3.55. The number of anilines is 3. The van der Waals surface area contributed by atoms with Crippen LogP contribution in [0.1, 0.15) is 24.4 Å². The van der Waals surface area contributed by atoms with Gasteiger partial charge in [0.1, 0.15) is 46.2 Å². The first-order valence-electron chi connectivity index (χ1n) is 9.89. The number of hydrogen-bond donors (Lipinski definition) is 3. The van der Waals surface area contributed by atoms with Gasteiger partial charge in [-0.1, -0.05) is 6.07 Å². The number of hydrogen-bond acceptors (Lipinski definition) is 9. The van der Waals surface area contributed by atoms with E-state index in [-0.39, 0.29) is 45.6 Å². The Morgan fingerprint density at radius 1 is 1.15 bits per heavy atom. The van der Waals surface area contributed by atoms with Crippen LogP contribution < -0.4 is 27.1 Å². The van der Waals surface area contributed by atoms with Crippen LogP contribution in [0, 0.1) is 23.0 Å². The number of nitriles is 1. The van der Waals surface area contributed by atoms with Gasteiger partial charge in [-0.15, -0.1) is 0 Å². The van der Waals surface area contributed by atoms with Crippen LogP contribution in [0.4, 0.5) is 26.4 Å². The lowest BCUT2D eigenvalue weighted by molar-refractivity contribution is 0.418. The van der Waals surface area contributed by atoms with Crippen LogP contribution in [0.25, 0.3) is 16.6 Å². The number of benzene rings is 2. The number of aromatic nitrogens is 4. The van der Waals surface area contributed by atoms with E-state index in [9.17, 15) is 18.8 Å². The van der Waals surface area contributed by atoms with E-state index in [2.05, 4.69) is 20.3 Å². The summed E-state index contributed by atoms with van der Waals surface area (Å²) >= 11 is 0. The molecule has 2 aromatic heterocycles. The van der Waals surface area contributed by atoms with Crippen LogP contribution in [-0.4, -0.2) is 26.6 Å². The van der Waals surface area contributed by atoms with E-state index in [1.54, 1.807) is 19.1 Å². The third-order valence-electron chi connectivity index (χ3n) is 5.02. The van der Waals surface area contributed by atoms with E-state index in [1.807, 2.05) is 6.07 Å². The molecule has 5 N–H and O–H groups in total. The van der Waals surface area contributed by atoms with Crippen LogP contribution in [-0.2, 0) is 0 Å². The third-order valence-corrected chi connectivity index (χ3v) is 5.02. The minimum absolute atomic E-state index is 0.00588. The molecule has 34 heavy (non-hydrogen) atoms. The molecular formula is C22H18F2N8O2. The average molecular weight is 464 g/mol. The van der Waals surface area contributed by atoms with Gasteiger partial charge in [-0.05, 0) is 31.2 Å². The fraction of sp³-hybridized carbons (Fsp3) is 0.136. The maximum Gasteiger partial charge on any atom is 0.266 e. The van der Waals surface area contributed by atoms with Gasteiger partial charge in [0.25, 0.3) is 5.56 Å². The first kappa shape index (κ1) is 22.4. The minimum atomic E-state index is -0.873. The van der Waals surface area contributed by atoms with Crippen molar-refractivity contribution in [2.24, 2.45) is 0 Å². The van der Waals surface area contributed by atoms with Crippen molar-refractivity contribution in [2.75, 3.05) is 23.9 Å². The Morgan fingerprint density at radius 3 is 2.50 bits per heavy atom. The number of nitrogens with one attached hydrogen (secondary N) is 1. The number of nitrogens with zero attached hydrogens (tertiary/aromatic N) is 5. The number of halogens is 2. The highest BCUT2D eigenvalue weighted by Crippen LogP contribution is 2.28. The predicted molar refractivity (Wildman–Crippen MR) is 121 cm³/mol. The molecule has 0 fully saturated rings. The molecule has 0 aliphatic heterocycles. The van der Waals surface area contributed by atoms with E-state index in [0.29, 0.717) is 11.8 Å². The van der Waals surface area contributed by atoms with E-state index in [0.717, 1.165) is 16.7 Å². The van der Waals surface area contributed by atoms with Crippen molar-refractivity contribution < 1.29 is 13.5 Å². The molecule has 4 rings (SSSR count). The lowest BCUT2D eigenvalue weighted by Crippen LogP contribution is -2.28. The van der Waals surface area contributed by atoms with Gasteiger partial charge in [-0.3, -0.25) is 9.36 Å². The quantitative estimate of drug-likeness (QED) is 0.404. The van der Waals surface area contributed by atoms with Crippen LogP contribution in [0.2, 0.25) is 0 Å². The molecule has 12 heteroatoms. The van der Waals surface area contributed by atoms with Crippen LogP contribution >= 0.6 is 0 Å². The van der Waals surface area contributed by atoms with Gasteiger partial charge in [0.15, 0.2) is 5.82 Å². The second-order valence-electron chi connectivity index (χ2n) is 7.26. The molecular weight excluding hydrogens is 446 g/mol. The first-order chi connectivity index (χ1) is 16.2. The molecule has 0 aliphatic carbocycles. The topological polar surface area (TPSA) is 158 Å². The monoisotopic (exact) mass is 464 g/mol. The number of nitrogen functional groups attached to an aromatic ring is 2. The first-order valence-corrected chi connectivity index (χ1v) is 9.89. The lowest BCUT2D eigenvalue weighted by atomic mass is 10.1. The summed E-state index contributed by atoms with van der Waals surface area (Å²) in [5.41, 5.74) is 11.0.